The van der Waals surface area contributed by atoms with E-state index in [9.17, 15) is 9.59 Å². The Morgan fingerprint density at radius 1 is 1.08 bits per heavy atom. The zero-order valence-corrected chi connectivity index (χ0v) is 13.8. The molecule has 1 fully saturated rings. The van der Waals surface area contributed by atoms with Gasteiger partial charge in [0.05, 0.1) is 12.5 Å². The molecule has 0 radical (unpaired) electrons. The Labute approximate surface area is 141 Å². The van der Waals surface area contributed by atoms with Crippen molar-refractivity contribution >= 4 is 17.5 Å². The zero-order valence-electron chi connectivity index (χ0n) is 13.8. The van der Waals surface area contributed by atoms with E-state index < -0.39 is 0 Å². The number of imidazole rings is 1. The number of aryl methyl sites for hydroxylation is 1. The topological polar surface area (TPSA) is 76.0 Å². The summed E-state index contributed by atoms with van der Waals surface area (Å²) in [5, 5.41) is 5.89. The fraction of sp³-hybridized carbons (Fsp3) is 0.389. The number of anilines is 1. The van der Waals surface area contributed by atoms with Gasteiger partial charge in [0.1, 0.15) is 5.69 Å². The first kappa shape index (κ1) is 16.2. The highest BCUT2D eigenvalue weighted by Crippen LogP contribution is 2.18. The summed E-state index contributed by atoms with van der Waals surface area (Å²) in [5.41, 5.74) is 1.74. The second kappa shape index (κ2) is 7.29. The minimum Gasteiger partial charge on any atom is -0.349 e. The molecule has 2 N–H and O–H groups in total. The first-order valence-electron chi connectivity index (χ1n) is 8.32. The largest absolute Gasteiger partial charge is 0.349 e. The highest BCUT2D eigenvalue weighted by atomic mass is 16.2. The Morgan fingerprint density at radius 3 is 2.42 bits per heavy atom. The van der Waals surface area contributed by atoms with Crippen molar-refractivity contribution in [1.29, 1.82) is 0 Å². The number of nitrogens with one attached hydrogen (secondary N) is 2. The lowest BCUT2D eigenvalue weighted by Crippen LogP contribution is -2.36. The number of rotatable bonds is 4. The van der Waals surface area contributed by atoms with E-state index in [1.807, 2.05) is 0 Å². The summed E-state index contributed by atoms with van der Waals surface area (Å²) in [6.07, 6.45) is 8.84. The average molecular weight is 326 g/mol. The number of nitrogens with zero attached hydrogens (tertiary/aromatic N) is 2. The fourth-order valence-electron chi connectivity index (χ4n) is 2.99. The van der Waals surface area contributed by atoms with Crippen LogP contribution in [0.1, 0.15) is 53.0 Å². The lowest BCUT2D eigenvalue weighted by atomic mass is 9.95. The van der Waals surface area contributed by atoms with Gasteiger partial charge in [-0.2, -0.15) is 0 Å². The molecule has 0 atom stereocenters. The van der Waals surface area contributed by atoms with Gasteiger partial charge in [0.2, 0.25) is 0 Å². The maximum atomic E-state index is 12.3. The van der Waals surface area contributed by atoms with Crippen LogP contribution in [-0.2, 0) is 7.05 Å². The predicted octanol–water partition coefficient (Wildman–Crippen LogP) is 2.73. The van der Waals surface area contributed by atoms with Crippen molar-refractivity contribution in [2.45, 2.75) is 38.1 Å². The van der Waals surface area contributed by atoms with Crippen molar-refractivity contribution in [1.82, 2.24) is 14.9 Å². The van der Waals surface area contributed by atoms with Crippen LogP contribution in [0, 0.1) is 0 Å². The van der Waals surface area contributed by atoms with Crippen LogP contribution in [0.15, 0.2) is 36.8 Å². The van der Waals surface area contributed by atoms with Crippen molar-refractivity contribution in [3.8, 4) is 0 Å². The van der Waals surface area contributed by atoms with Gasteiger partial charge in [0, 0.05) is 24.3 Å². The third kappa shape index (κ3) is 3.82. The lowest BCUT2D eigenvalue weighted by molar-refractivity contribution is 0.0927. The van der Waals surface area contributed by atoms with E-state index in [2.05, 4.69) is 15.6 Å². The third-order valence-electron chi connectivity index (χ3n) is 4.39. The molecule has 2 aromatic rings. The molecule has 0 aliphatic heterocycles. The first-order chi connectivity index (χ1) is 11.6. The minimum absolute atomic E-state index is 0.0496. The number of amides is 2. The quantitative estimate of drug-likeness (QED) is 0.907. The predicted molar refractivity (Wildman–Crippen MR) is 91.9 cm³/mol. The number of hydrogen-bond donors (Lipinski definition) is 2. The van der Waals surface area contributed by atoms with E-state index in [4.69, 9.17) is 0 Å². The summed E-state index contributed by atoms with van der Waals surface area (Å²) < 4.78 is 1.65. The summed E-state index contributed by atoms with van der Waals surface area (Å²) in [6, 6.07) is 7.23. The lowest BCUT2D eigenvalue weighted by Gasteiger charge is -2.22. The Kier molecular flexibility index (Phi) is 4.93. The Morgan fingerprint density at radius 2 is 1.79 bits per heavy atom. The second-order valence-electron chi connectivity index (χ2n) is 6.23. The summed E-state index contributed by atoms with van der Waals surface area (Å²) in [7, 11) is 1.76. The van der Waals surface area contributed by atoms with Crippen LogP contribution in [0.4, 0.5) is 5.69 Å². The maximum Gasteiger partial charge on any atom is 0.273 e. The van der Waals surface area contributed by atoms with Crippen LogP contribution >= 0.6 is 0 Å². The monoisotopic (exact) mass is 326 g/mol. The van der Waals surface area contributed by atoms with E-state index in [1.165, 1.54) is 25.5 Å². The standard InChI is InChI=1S/C18H22N4O2/c1-22-12-19-11-16(22)18(24)21-15-9-7-13(8-10-15)17(23)20-14-5-3-2-4-6-14/h7-12,14H,2-6H2,1H3,(H,20,23)(H,21,24). The van der Waals surface area contributed by atoms with Gasteiger partial charge in [-0.05, 0) is 37.1 Å². The number of aromatic nitrogens is 2. The maximum absolute atomic E-state index is 12.3. The number of carbonyl (C=O) groups is 2. The van der Waals surface area contributed by atoms with Crippen molar-refractivity contribution in [3.63, 3.8) is 0 Å². The molecule has 0 spiro atoms. The van der Waals surface area contributed by atoms with Gasteiger partial charge in [0.15, 0.2) is 0 Å². The molecular weight excluding hydrogens is 304 g/mol. The van der Waals surface area contributed by atoms with Gasteiger partial charge in [-0.1, -0.05) is 19.3 Å². The Hall–Kier alpha value is -2.63. The molecule has 3 rings (SSSR count). The average Bonchev–Trinajstić information content (AvgIpc) is 3.02. The van der Waals surface area contributed by atoms with Crippen LogP contribution in [-0.4, -0.2) is 27.4 Å². The Bertz CT molecular complexity index is 715. The molecule has 6 heteroatoms. The molecule has 1 aromatic heterocycles. The van der Waals surface area contributed by atoms with Crippen molar-refractivity contribution in [2.75, 3.05) is 5.32 Å². The molecule has 1 aliphatic carbocycles. The van der Waals surface area contributed by atoms with Crippen LogP contribution in [0.25, 0.3) is 0 Å². The molecule has 126 valence electrons. The highest BCUT2D eigenvalue weighted by Gasteiger charge is 2.16. The first-order valence-corrected chi connectivity index (χ1v) is 8.32. The Balaban J connectivity index is 1.59. The highest BCUT2D eigenvalue weighted by molar-refractivity contribution is 6.03. The molecule has 1 heterocycles. The molecule has 0 unspecified atom stereocenters. The molecular formula is C18H22N4O2. The van der Waals surface area contributed by atoms with Crippen molar-refractivity contribution < 1.29 is 9.59 Å². The molecule has 2 amide bonds. The second-order valence-corrected chi connectivity index (χ2v) is 6.23. The third-order valence-corrected chi connectivity index (χ3v) is 4.39. The van der Waals surface area contributed by atoms with E-state index in [0.29, 0.717) is 16.9 Å². The van der Waals surface area contributed by atoms with Gasteiger partial charge in [0.25, 0.3) is 11.8 Å². The summed E-state index contributed by atoms with van der Waals surface area (Å²) in [4.78, 5) is 28.3. The summed E-state index contributed by atoms with van der Waals surface area (Å²) >= 11 is 0. The van der Waals surface area contributed by atoms with E-state index in [0.717, 1.165) is 12.8 Å². The summed E-state index contributed by atoms with van der Waals surface area (Å²) in [5.74, 6) is -0.277. The molecule has 24 heavy (non-hydrogen) atoms. The van der Waals surface area contributed by atoms with Crippen LogP contribution in [0.2, 0.25) is 0 Å². The van der Waals surface area contributed by atoms with Crippen molar-refractivity contribution in [2.24, 2.45) is 7.05 Å². The van der Waals surface area contributed by atoms with Gasteiger partial charge >= 0.3 is 0 Å². The molecule has 0 bridgehead atoms. The van der Waals surface area contributed by atoms with Crippen molar-refractivity contribution in [3.05, 3.63) is 48.0 Å². The number of benzene rings is 1. The van der Waals surface area contributed by atoms with Gasteiger partial charge in [-0.15, -0.1) is 0 Å². The van der Waals surface area contributed by atoms with Gasteiger partial charge in [-0.3, -0.25) is 9.59 Å². The van der Waals surface area contributed by atoms with E-state index in [1.54, 1.807) is 42.2 Å². The van der Waals surface area contributed by atoms with Crippen LogP contribution < -0.4 is 10.6 Å². The minimum atomic E-state index is -0.227. The van der Waals surface area contributed by atoms with Crippen LogP contribution in [0.3, 0.4) is 0 Å². The van der Waals surface area contributed by atoms with Gasteiger partial charge < -0.3 is 15.2 Å². The normalized spacial score (nSPS) is 15.0. The van der Waals surface area contributed by atoms with Crippen LogP contribution in [0.5, 0.6) is 0 Å². The molecule has 6 nitrogen and oxygen atoms in total. The SMILES string of the molecule is Cn1cncc1C(=O)Nc1ccc(C(=O)NC2CCCCC2)cc1. The summed E-state index contributed by atoms with van der Waals surface area (Å²) in [6.45, 7) is 0. The number of carbonyl (C=O) groups excluding carboxylic acids is 2. The van der Waals surface area contributed by atoms with E-state index in [-0.39, 0.29) is 17.9 Å². The molecule has 1 aromatic carbocycles. The number of hydrogen-bond acceptors (Lipinski definition) is 3. The smallest absolute Gasteiger partial charge is 0.273 e. The molecule has 0 saturated heterocycles. The van der Waals surface area contributed by atoms with E-state index >= 15 is 0 Å². The fourth-order valence-corrected chi connectivity index (χ4v) is 2.99. The van der Waals surface area contributed by atoms with Gasteiger partial charge in [-0.25, -0.2) is 4.98 Å². The zero-order chi connectivity index (χ0) is 16.9. The molecule has 1 saturated carbocycles. The molecule has 1 aliphatic rings.